The van der Waals surface area contributed by atoms with Crippen LogP contribution in [0, 0.1) is 11.3 Å². The molecule has 0 amide bonds. The van der Waals surface area contributed by atoms with E-state index in [-0.39, 0.29) is 5.78 Å². The number of hydrogen-bond acceptors (Lipinski definition) is 4. The number of nitrogens with zero attached hydrogens (tertiary/aromatic N) is 2. The second-order valence-corrected chi connectivity index (χ2v) is 7.48. The van der Waals surface area contributed by atoms with Crippen molar-refractivity contribution in [3.05, 3.63) is 89.0 Å². The van der Waals surface area contributed by atoms with Crippen LogP contribution < -0.4 is 10.6 Å². The Morgan fingerprint density at radius 3 is 2.72 bits per heavy atom. The van der Waals surface area contributed by atoms with E-state index in [0.717, 1.165) is 40.7 Å². The van der Waals surface area contributed by atoms with Crippen molar-refractivity contribution in [2.24, 2.45) is 5.73 Å². The molecular formula is C24H20N4O. The zero-order valence-electron chi connectivity index (χ0n) is 15.9. The molecule has 0 radical (unpaired) electrons. The summed E-state index contributed by atoms with van der Waals surface area (Å²) in [5.74, 6) is 0.0833. The van der Waals surface area contributed by atoms with Gasteiger partial charge in [-0.15, -0.1) is 0 Å². The minimum absolute atomic E-state index is 0.103. The first-order valence-corrected chi connectivity index (χ1v) is 9.77. The normalized spacial score (nSPS) is 19.5. The highest BCUT2D eigenvalue weighted by molar-refractivity contribution is 6.01. The minimum atomic E-state index is -0.429. The lowest BCUT2D eigenvalue weighted by Crippen LogP contribution is -2.38. The van der Waals surface area contributed by atoms with Crippen molar-refractivity contribution < 1.29 is 4.79 Å². The van der Waals surface area contributed by atoms with Gasteiger partial charge >= 0.3 is 0 Å². The van der Waals surface area contributed by atoms with Crippen LogP contribution in [-0.4, -0.2) is 10.8 Å². The maximum Gasteiger partial charge on any atom is 0.161 e. The number of nitrogens with one attached hydrogen (secondary N) is 1. The number of rotatable bonds is 2. The van der Waals surface area contributed by atoms with Crippen LogP contribution in [-0.2, 0) is 4.79 Å². The molecule has 2 heterocycles. The molecule has 0 fully saturated rings. The molecule has 0 saturated carbocycles. The zero-order valence-corrected chi connectivity index (χ0v) is 15.9. The van der Waals surface area contributed by atoms with Crippen LogP contribution in [0.2, 0.25) is 0 Å². The van der Waals surface area contributed by atoms with Crippen LogP contribution in [0.15, 0.2) is 83.5 Å². The number of carbonyl (C=O) groups is 1. The molecule has 1 aliphatic heterocycles. The fourth-order valence-corrected chi connectivity index (χ4v) is 4.54. The number of nitriles is 1. The van der Waals surface area contributed by atoms with E-state index in [2.05, 4.69) is 11.1 Å². The van der Waals surface area contributed by atoms with Crippen molar-refractivity contribution in [1.82, 2.24) is 4.98 Å². The molecule has 2 aromatic carbocycles. The van der Waals surface area contributed by atoms with Crippen molar-refractivity contribution in [3.63, 3.8) is 0 Å². The Balaban J connectivity index is 1.76. The third-order valence-electron chi connectivity index (χ3n) is 5.84. The number of Topliss-reactive ketones (excluding diaryl/α,β-unsaturated/α-hetero) is 1. The Labute approximate surface area is 168 Å². The molecule has 0 unspecified atom stereocenters. The summed E-state index contributed by atoms with van der Waals surface area (Å²) >= 11 is 0. The quantitative estimate of drug-likeness (QED) is 0.687. The van der Waals surface area contributed by atoms with E-state index in [1.165, 1.54) is 0 Å². The van der Waals surface area contributed by atoms with Crippen LogP contribution >= 0.6 is 0 Å². The average molecular weight is 380 g/mol. The number of anilines is 1. The summed E-state index contributed by atoms with van der Waals surface area (Å²) < 4.78 is 0. The van der Waals surface area contributed by atoms with Gasteiger partial charge in [0.2, 0.25) is 0 Å². The number of allylic oxidation sites excluding steroid dienone is 3. The van der Waals surface area contributed by atoms with Gasteiger partial charge in [0.25, 0.3) is 0 Å². The van der Waals surface area contributed by atoms with Crippen molar-refractivity contribution in [2.45, 2.75) is 25.2 Å². The standard InChI is InChI=1S/C24H20N4O/c25-14-18-22(16-9-10-19-15(13-16)11-12-27-19)23-20(7-4-8-21(23)29)28(24(18)26)17-5-2-1-3-6-17/h1-3,5-6,9-13,22,27H,4,7-8,26H2/t22-/m1/s1. The fourth-order valence-electron chi connectivity index (χ4n) is 4.54. The van der Waals surface area contributed by atoms with E-state index in [4.69, 9.17) is 5.73 Å². The van der Waals surface area contributed by atoms with Crippen molar-refractivity contribution in [3.8, 4) is 6.07 Å². The Morgan fingerprint density at radius 1 is 1.10 bits per heavy atom. The van der Waals surface area contributed by atoms with Gasteiger partial charge in [0, 0.05) is 35.1 Å². The van der Waals surface area contributed by atoms with Gasteiger partial charge in [0.1, 0.15) is 5.82 Å². The van der Waals surface area contributed by atoms with Gasteiger partial charge in [0.05, 0.1) is 17.6 Å². The maximum absolute atomic E-state index is 13.1. The molecule has 5 rings (SSSR count). The third-order valence-corrected chi connectivity index (χ3v) is 5.84. The summed E-state index contributed by atoms with van der Waals surface area (Å²) in [6, 6.07) is 20.1. The number of H-pyrrole nitrogens is 1. The van der Waals surface area contributed by atoms with Crippen molar-refractivity contribution in [2.75, 3.05) is 4.90 Å². The predicted octanol–water partition coefficient (Wildman–Crippen LogP) is 4.47. The molecule has 0 bridgehead atoms. The Morgan fingerprint density at radius 2 is 1.93 bits per heavy atom. The molecule has 0 spiro atoms. The minimum Gasteiger partial charge on any atom is -0.384 e. The van der Waals surface area contributed by atoms with Crippen LogP contribution in [0.5, 0.6) is 0 Å². The Bertz CT molecular complexity index is 1230. The number of nitrogens with two attached hydrogens (primary N) is 1. The molecule has 5 heteroatoms. The number of hydrogen-bond donors (Lipinski definition) is 2. The first-order valence-electron chi connectivity index (χ1n) is 9.77. The fraction of sp³-hybridized carbons (Fsp3) is 0.167. The SMILES string of the molecule is N#CC1=C(N)N(c2ccccc2)C2=C(C(=O)CCC2)[C@@H]1c1ccc2[nH]ccc2c1. The Hall–Kier alpha value is -3.78. The topological polar surface area (TPSA) is 85.9 Å². The molecule has 1 atom stereocenters. The summed E-state index contributed by atoms with van der Waals surface area (Å²) in [5, 5.41) is 11.1. The highest BCUT2D eigenvalue weighted by Crippen LogP contribution is 2.46. The average Bonchev–Trinajstić information content (AvgIpc) is 3.21. The summed E-state index contributed by atoms with van der Waals surface area (Å²) in [6.07, 6.45) is 3.94. The molecule has 1 aromatic heterocycles. The predicted molar refractivity (Wildman–Crippen MR) is 113 cm³/mol. The Kier molecular flexibility index (Phi) is 3.99. The molecule has 142 valence electrons. The van der Waals surface area contributed by atoms with Gasteiger partial charge < -0.3 is 10.7 Å². The van der Waals surface area contributed by atoms with E-state index in [1.807, 2.05) is 65.7 Å². The van der Waals surface area contributed by atoms with Crippen LogP contribution in [0.1, 0.15) is 30.7 Å². The van der Waals surface area contributed by atoms with Gasteiger partial charge in [-0.25, -0.2) is 0 Å². The van der Waals surface area contributed by atoms with Gasteiger partial charge in [-0.3, -0.25) is 9.69 Å². The molecule has 5 nitrogen and oxygen atoms in total. The van der Waals surface area contributed by atoms with Gasteiger partial charge in [-0.2, -0.15) is 5.26 Å². The lowest BCUT2D eigenvalue weighted by atomic mass is 9.75. The zero-order chi connectivity index (χ0) is 20.0. The van der Waals surface area contributed by atoms with E-state index in [0.29, 0.717) is 23.4 Å². The first kappa shape index (κ1) is 17.3. The van der Waals surface area contributed by atoms with E-state index in [9.17, 15) is 10.1 Å². The largest absolute Gasteiger partial charge is 0.384 e. The molecular weight excluding hydrogens is 360 g/mol. The van der Waals surface area contributed by atoms with E-state index in [1.54, 1.807) is 0 Å². The maximum atomic E-state index is 13.1. The highest BCUT2D eigenvalue weighted by atomic mass is 16.1. The number of carbonyl (C=O) groups excluding carboxylic acids is 1. The molecule has 29 heavy (non-hydrogen) atoms. The van der Waals surface area contributed by atoms with E-state index >= 15 is 0 Å². The van der Waals surface area contributed by atoms with Gasteiger partial charge in [-0.1, -0.05) is 24.3 Å². The van der Waals surface area contributed by atoms with Crippen LogP contribution in [0.3, 0.4) is 0 Å². The summed E-state index contributed by atoms with van der Waals surface area (Å²) in [7, 11) is 0. The number of para-hydroxylation sites is 1. The lowest BCUT2D eigenvalue weighted by Gasteiger charge is -2.39. The monoisotopic (exact) mass is 380 g/mol. The first-order chi connectivity index (χ1) is 14.2. The van der Waals surface area contributed by atoms with Crippen molar-refractivity contribution in [1.29, 1.82) is 5.26 Å². The number of aromatic nitrogens is 1. The smallest absolute Gasteiger partial charge is 0.161 e. The van der Waals surface area contributed by atoms with Crippen molar-refractivity contribution >= 4 is 22.4 Å². The molecule has 1 aliphatic carbocycles. The number of aromatic amines is 1. The second kappa shape index (κ2) is 6.68. The molecule has 3 aromatic rings. The van der Waals surface area contributed by atoms with Gasteiger partial charge in [-0.05, 0) is 54.1 Å². The molecule has 0 saturated heterocycles. The number of fused-ring (bicyclic) bond motifs is 1. The summed E-state index contributed by atoms with van der Waals surface area (Å²) in [6.45, 7) is 0. The van der Waals surface area contributed by atoms with Crippen LogP contribution in [0.4, 0.5) is 5.69 Å². The second-order valence-electron chi connectivity index (χ2n) is 7.48. The molecule has 3 N–H and O–H groups in total. The summed E-state index contributed by atoms with van der Waals surface area (Å²) in [4.78, 5) is 18.2. The van der Waals surface area contributed by atoms with Gasteiger partial charge in [0.15, 0.2) is 5.78 Å². The van der Waals surface area contributed by atoms with E-state index < -0.39 is 5.92 Å². The lowest BCUT2D eigenvalue weighted by molar-refractivity contribution is -0.116. The number of ketones is 1. The number of benzene rings is 2. The molecule has 2 aliphatic rings. The summed E-state index contributed by atoms with van der Waals surface area (Å²) in [5.41, 5.74) is 11.4. The highest BCUT2D eigenvalue weighted by Gasteiger charge is 2.40. The third kappa shape index (κ3) is 2.65. The van der Waals surface area contributed by atoms with Crippen LogP contribution in [0.25, 0.3) is 10.9 Å².